The molecule has 0 aromatic heterocycles. The molecule has 2 aliphatic rings. The molecule has 11 heavy (non-hydrogen) atoms. The summed E-state index contributed by atoms with van der Waals surface area (Å²) in [7, 11) is 0. The molecule has 0 N–H and O–H groups in total. The van der Waals surface area contributed by atoms with Gasteiger partial charge in [0.25, 0.3) is 0 Å². The topological polar surface area (TPSA) is 18.5 Å². The van der Waals surface area contributed by atoms with Crippen LogP contribution in [0.15, 0.2) is 0 Å². The molecule has 4 heteroatoms. The van der Waals surface area contributed by atoms with Gasteiger partial charge < -0.3 is 9.47 Å². The van der Waals surface area contributed by atoms with E-state index in [-0.39, 0.29) is 0 Å². The second kappa shape index (κ2) is 4.03. The van der Waals surface area contributed by atoms with Crippen LogP contribution in [0.25, 0.3) is 0 Å². The molecule has 2 atom stereocenters. The van der Waals surface area contributed by atoms with Gasteiger partial charge in [0.2, 0.25) is 0 Å². The first-order chi connectivity index (χ1) is 5.47. The molecule has 2 nitrogen and oxygen atoms in total. The van der Waals surface area contributed by atoms with E-state index in [0.717, 1.165) is 6.61 Å². The van der Waals surface area contributed by atoms with Crippen LogP contribution >= 0.6 is 23.5 Å². The Hall–Kier alpha value is 0.620. The fourth-order valence-corrected chi connectivity index (χ4v) is 4.10. The minimum atomic E-state index is 0.368. The molecule has 2 saturated heterocycles. The minimum Gasteiger partial charge on any atom is -0.353 e. The lowest BCUT2D eigenvalue weighted by molar-refractivity contribution is 0.0476. The zero-order chi connectivity index (χ0) is 7.52. The highest BCUT2D eigenvalue weighted by Crippen LogP contribution is 2.29. The molecule has 2 heterocycles. The number of thioether (sulfide) groups is 2. The lowest BCUT2D eigenvalue weighted by Gasteiger charge is -2.24. The summed E-state index contributed by atoms with van der Waals surface area (Å²) in [4.78, 5) is 0. The quantitative estimate of drug-likeness (QED) is 0.621. The summed E-state index contributed by atoms with van der Waals surface area (Å²) in [5, 5.41) is 0.677. The monoisotopic (exact) mass is 192 g/mol. The maximum Gasteiger partial charge on any atom is 0.147 e. The SMILES string of the molecule is C1OCC(C2CSCCS2)O1. The highest BCUT2D eigenvalue weighted by atomic mass is 32.2. The van der Waals surface area contributed by atoms with Gasteiger partial charge >= 0.3 is 0 Å². The number of ether oxygens (including phenoxy) is 2. The molecule has 2 fully saturated rings. The van der Waals surface area contributed by atoms with Crippen LogP contribution in [0.1, 0.15) is 0 Å². The van der Waals surface area contributed by atoms with Crippen molar-refractivity contribution < 1.29 is 9.47 Å². The van der Waals surface area contributed by atoms with Gasteiger partial charge in [-0.15, -0.1) is 0 Å². The lowest BCUT2D eigenvalue weighted by atomic mass is 10.3. The van der Waals surface area contributed by atoms with E-state index < -0.39 is 0 Å². The van der Waals surface area contributed by atoms with E-state index in [1.807, 2.05) is 23.5 Å². The molecular formula is C7H12O2S2. The Labute approximate surface area is 75.4 Å². The smallest absolute Gasteiger partial charge is 0.147 e. The molecule has 0 amide bonds. The third-order valence-corrected chi connectivity index (χ3v) is 4.80. The van der Waals surface area contributed by atoms with E-state index >= 15 is 0 Å². The van der Waals surface area contributed by atoms with Gasteiger partial charge in [-0.05, 0) is 0 Å². The fourth-order valence-electron chi connectivity index (χ4n) is 1.28. The predicted molar refractivity (Wildman–Crippen MR) is 49.3 cm³/mol. The van der Waals surface area contributed by atoms with Crippen molar-refractivity contribution in [2.45, 2.75) is 11.4 Å². The standard InChI is InChI=1S/C7H12O2S2/c1-2-11-7(4-10-1)6-3-8-5-9-6/h6-7H,1-5H2. The first-order valence-electron chi connectivity index (χ1n) is 3.85. The van der Waals surface area contributed by atoms with Gasteiger partial charge in [0.05, 0.1) is 12.7 Å². The van der Waals surface area contributed by atoms with Gasteiger partial charge in [0.1, 0.15) is 6.79 Å². The zero-order valence-corrected chi connectivity index (χ0v) is 7.96. The number of hydrogen-bond donors (Lipinski definition) is 0. The van der Waals surface area contributed by atoms with Crippen molar-refractivity contribution in [2.75, 3.05) is 30.7 Å². The molecule has 64 valence electrons. The molecule has 0 saturated carbocycles. The van der Waals surface area contributed by atoms with E-state index in [1.54, 1.807) is 0 Å². The largest absolute Gasteiger partial charge is 0.353 e. The summed E-state index contributed by atoms with van der Waals surface area (Å²) < 4.78 is 10.6. The first kappa shape index (κ1) is 8.23. The number of rotatable bonds is 1. The van der Waals surface area contributed by atoms with Gasteiger partial charge in [0.15, 0.2) is 0 Å². The van der Waals surface area contributed by atoms with Crippen LogP contribution in [0.4, 0.5) is 0 Å². The van der Waals surface area contributed by atoms with E-state index in [1.165, 1.54) is 17.3 Å². The van der Waals surface area contributed by atoms with Crippen molar-refractivity contribution in [2.24, 2.45) is 0 Å². The van der Waals surface area contributed by atoms with Crippen molar-refractivity contribution in [1.29, 1.82) is 0 Å². The van der Waals surface area contributed by atoms with Crippen LogP contribution in [-0.4, -0.2) is 42.0 Å². The molecule has 2 aliphatic heterocycles. The van der Waals surface area contributed by atoms with Crippen molar-refractivity contribution in [1.82, 2.24) is 0 Å². The normalized spacial score (nSPS) is 39.3. The van der Waals surface area contributed by atoms with Crippen LogP contribution in [-0.2, 0) is 9.47 Å². The maximum absolute atomic E-state index is 5.44. The average Bonchev–Trinajstić information content (AvgIpc) is 2.58. The second-order valence-corrected chi connectivity index (χ2v) is 5.17. The van der Waals surface area contributed by atoms with Gasteiger partial charge in [-0.2, -0.15) is 23.5 Å². The van der Waals surface area contributed by atoms with Gasteiger partial charge in [-0.3, -0.25) is 0 Å². The Morgan fingerprint density at radius 1 is 1.27 bits per heavy atom. The Morgan fingerprint density at radius 3 is 2.91 bits per heavy atom. The van der Waals surface area contributed by atoms with E-state index in [9.17, 15) is 0 Å². The predicted octanol–water partition coefficient (Wildman–Crippen LogP) is 1.21. The van der Waals surface area contributed by atoms with Gasteiger partial charge in [-0.1, -0.05) is 0 Å². The molecular weight excluding hydrogens is 180 g/mol. The van der Waals surface area contributed by atoms with Crippen LogP contribution in [0.3, 0.4) is 0 Å². The molecule has 0 bridgehead atoms. The average molecular weight is 192 g/mol. The fraction of sp³-hybridized carbons (Fsp3) is 1.00. The summed E-state index contributed by atoms with van der Waals surface area (Å²) in [6.45, 7) is 1.31. The Morgan fingerprint density at radius 2 is 2.27 bits per heavy atom. The van der Waals surface area contributed by atoms with Gasteiger partial charge in [-0.25, -0.2) is 0 Å². The van der Waals surface area contributed by atoms with Crippen molar-refractivity contribution in [3.8, 4) is 0 Å². The van der Waals surface area contributed by atoms with Gasteiger partial charge in [0, 0.05) is 22.5 Å². The number of hydrogen-bond acceptors (Lipinski definition) is 4. The zero-order valence-electron chi connectivity index (χ0n) is 6.32. The molecule has 0 aromatic rings. The van der Waals surface area contributed by atoms with Crippen LogP contribution in [0.2, 0.25) is 0 Å². The Bertz CT molecular complexity index is 120. The summed E-state index contributed by atoms with van der Waals surface area (Å²) in [5.41, 5.74) is 0. The Balaban J connectivity index is 1.82. The summed E-state index contributed by atoms with van der Waals surface area (Å²) in [6.07, 6.45) is 0.368. The summed E-state index contributed by atoms with van der Waals surface area (Å²) >= 11 is 4.07. The lowest BCUT2D eigenvalue weighted by Crippen LogP contribution is -2.30. The van der Waals surface area contributed by atoms with E-state index in [2.05, 4.69) is 0 Å². The third-order valence-electron chi connectivity index (χ3n) is 1.90. The van der Waals surface area contributed by atoms with Crippen LogP contribution < -0.4 is 0 Å². The molecule has 2 rings (SSSR count). The highest BCUT2D eigenvalue weighted by molar-refractivity contribution is 8.06. The minimum absolute atomic E-state index is 0.368. The molecule has 0 radical (unpaired) electrons. The van der Waals surface area contributed by atoms with E-state index in [4.69, 9.17) is 9.47 Å². The molecule has 2 unspecified atom stereocenters. The summed E-state index contributed by atoms with van der Waals surface area (Å²) in [5.74, 6) is 3.81. The van der Waals surface area contributed by atoms with Crippen molar-refractivity contribution >= 4 is 23.5 Å². The van der Waals surface area contributed by atoms with Crippen molar-refractivity contribution in [3.63, 3.8) is 0 Å². The summed E-state index contributed by atoms with van der Waals surface area (Å²) in [6, 6.07) is 0. The first-order valence-corrected chi connectivity index (χ1v) is 6.06. The van der Waals surface area contributed by atoms with Crippen LogP contribution in [0, 0.1) is 0 Å². The highest BCUT2D eigenvalue weighted by Gasteiger charge is 2.28. The molecule has 0 aliphatic carbocycles. The van der Waals surface area contributed by atoms with E-state index in [0.29, 0.717) is 18.1 Å². The third kappa shape index (κ3) is 2.05. The Kier molecular flexibility index (Phi) is 3.01. The van der Waals surface area contributed by atoms with Crippen molar-refractivity contribution in [3.05, 3.63) is 0 Å². The second-order valence-electron chi connectivity index (χ2n) is 2.68. The molecule has 0 aromatic carbocycles. The molecule has 0 spiro atoms. The van der Waals surface area contributed by atoms with Crippen LogP contribution in [0.5, 0.6) is 0 Å². The maximum atomic E-state index is 5.44.